The number of nitrogens with one attached hydrogen (secondary N) is 1. The molecule has 0 radical (unpaired) electrons. The molecule has 5 nitrogen and oxygen atoms in total. The lowest BCUT2D eigenvalue weighted by Crippen LogP contribution is -2.45. The molecular weight excluding hydrogens is 270 g/mol. The van der Waals surface area contributed by atoms with Crippen molar-refractivity contribution in [1.29, 1.82) is 0 Å². The third-order valence-electron chi connectivity index (χ3n) is 3.68. The molecule has 21 heavy (non-hydrogen) atoms. The van der Waals surface area contributed by atoms with Gasteiger partial charge in [-0.1, -0.05) is 25.3 Å². The Morgan fingerprint density at radius 3 is 2.76 bits per heavy atom. The second-order valence-corrected chi connectivity index (χ2v) is 5.37. The largest absolute Gasteiger partial charge is 0.467 e. The van der Waals surface area contributed by atoms with Crippen molar-refractivity contribution < 1.29 is 19.1 Å². The van der Waals surface area contributed by atoms with E-state index in [1.54, 1.807) is 0 Å². The monoisotopic (exact) mass is 297 g/mol. The second-order valence-electron chi connectivity index (χ2n) is 5.37. The minimum atomic E-state index is -0.564. The van der Waals surface area contributed by atoms with Gasteiger partial charge in [0.1, 0.15) is 12.1 Å². The Morgan fingerprint density at radius 1 is 1.38 bits per heavy atom. The molecular formula is C16H27NO4. The Labute approximate surface area is 127 Å². The minimum absolute atomic E-state index is 0.199. The predicted molar refractivity (Wildman–Crippen MR) is 80.8 cm³/mol. The summed E-state index contributed by atoms with van der Waals surface area (Å²) in [5, 5.41) is 2.76. The van der Waals surface area contributed by atoms with E-state index in [1.165, 1.54) is 7.11 Å². The van der Waals surface area contributed by atoms with Gasteiger partial charge in [0.15, 0.2) is 0 Å². The molecule has 1 aliphatic heterocycles. The van der Waals surface area contributed by atoms with Gasteiger partial charge in [0, 0.05) is 6.61 Å². The van der Waals surface area contributed by atoms with E-state index in [9.17, 15) is 9.59 Å². The summed E-state index contributed by atoms with van der Waals surface area (Å²) in [5.74, 6) is -0.581. The number of rotatable bonds is 10. The summed E-state index contributed by atoms with van der Waals surface area (Å²) < 4.78 is 10.1. The number of carbonyl (C=O) groups is 2. The highest BCUT2D eigenvalue weighted by molar-refractivity contribution is 5.87. The summed E-state index contributed by atoms with van der Waals surface area (Å²) in [7, 11) is 1.34. The van der Waals surface area contributed by atoms with Crippen molar-refractivity contribution in [2.45, 2.75) is 63.5 Å². The van der Waals surface area contributed by atoms with Gasteiger partial charge < -0.3 is 14.8 Å². The van der Waals surface area contributed by atoms with Gasteiger partial charge in [-0.3, -0.25) is 4.79 Å². The van der Waals surface area contributed by atoms with E-state index < -0.39 is 12.1 Å². The first kappa shape index (κ1) is 17.7. The first-order chi connectivity index (χ1) is 10.2. The lowest BCUT2D eigenvalue weighted by atomic mass is 10.1. The van der Waals surface area contributed by atoms with Crippen LogP contribution in [0.4, 0.5) is 0 Å². The molecule has 0 saturated carbocycles. The van der Waals surface area contributed by atoms with Crippen molar-refractivity contribution in [2.24, 2.45) is 0 Å². The van der Waals surface area contributed by atoms with E-state index >= 15 is 0 Å². The first-order valence-electron chi connectivity index (χ1n) is 7.79. The fourth-order valence-electron chi connectivity index (χ4n) is 2.43. The zero-order valence-corrected chi connectivity index (χ0v) is 12.9. The molecule has 120 valence electrons. The van der Waals surface area contributed by atoms with E-state index in [2.05, 4.69) is 11.9 Å². The predicted octanol–water partition coefficient (Wildman–Crippen LogP) is 2.35. The lowest BCUT2D eigenvalue weighted by molar-refractivity contribution is -0.146. The summed E-state index contributed by atoms with van der Waals surface area (Å²) in [4.78, 5) is 23.7. The summed E-state index contributed by atoms with van der Waals surface area (Å²) in [5.41, 5.74) is 0. The molecule has 0 aromatic rings. The second kappa shape index (κ2) is 10.4. The van der Waals surface area contributed by atoms with Crippen molar-refractivity contribution in [2.75, 3.05) is 13.7 Å². The van der Waals surface area contributed by atoms with Crippen LogP contribution in [0.3, 0.4) is 0 Å². The molecule has 1 amide bonds. The van der Waals surface area contributed by atoms with Gasteiger partial charge in [-0.15, -0.1) is 6.58 Å². The zero-order chi connectivity index (χ0) is 15.5. The van der Waals surface area contributed by atoms with Gasteiger partial charge >= 0.3 is 5.97 Å². The molecule has 0 aromatic heterocycles. The van der Waals surface area contributed by atoms with Crippen molar-refractivity contribution in [3.05, 3.63) is 12.7 Å². The molecule has 0 aromatic carbocycles. The fraction of sp³-hybridized carbons (Fsp3) is 0.750. The topological polar surface area (TPSA) is 64.6 Å². The van der Waals surface area contributed by atoms with Crippen LogP contribution in [0.25, 0.3) is 0 Å². The van der Waals surface area contributed by atoms with Crippen molar-refractivity contribution in [3.8, 4) is 0 Å². The third kappa shape index (κ3) is 6.76. The van der Waals surface area contributed by atoms with E-state index in [0.717, 1.165) is 44.9 Å². The summed E-state index contributed by atoms with van der Waals surface area (Å²) >= 11 is 0. The third-order valence-corrected chi connectivity index (χ3v) is 3.68. The fourth-order valence-corrected chi connectivity index (χ4v) is 2.43. The Hall–Kier alpha value is -1.36. The van der Waals surface area contributed by atoms with Gasteiger partial charge in [0.25, 0.3) is 0 Å². The highest BCUT2D eigenvalue weighted by Crippen LogP contribution is 2.13. The van der Waals surface area contributed by atoms with Gasteiger partial charge in [0.05, 0.1) is 7.11 Å². The highest BCUT2D eigenvalue weighted by Gasteiger charge is 2.28. The van der Waals surface area contributed by atoms with Crippen LogP contribution in [0.2, 0.25) is 0 Å². The smallest absolute Gasteiger partial charge is 0.328 e. The minimum Gasteiger partial charge on any atom is -0.467 e. The van der Waals surface area contributed by atoms with Gasteiger partial charge in [-0.2, -0.15) is 0 Å². The maximum atomic E-state index is 12.0. The SMILES string of the molecule is C=CCCCCCC[C@H](NC(=O)[C@@H]1CCCO1)C(=O)OC. The normalized spacial score (nSPS) is 19.0. The van der Waals surface area contributed by atoms with Crippen molar-refractivity contribution in [1.82, 2.24) is 5.32 Å². The molecule has 1 heterocycles. The Bertz CT molecular complexity index is 337. The van der Waals surface area contributed by atoms with E-state index in [1.807, 2.05) is 6.08 Å². The van der Waals surface area contributed by atoms with Gasteiger partial charge in [-0.25, -0.2) is 4.79 Å². The van der Waals surface area contributed by atoms with Gasteiger partial charge in [0.2, 0.25) is 5.91 Å². The van der Waals surface area contributed by atoms with E-state index in [-0.39, 0.29) is 11.9 Å². The Morgan fingerprint density at radius 2 is 2.14 bits per heavy atom. The Balaban J connectivity index is 2.31. The Kier molecular flexibility index (Phi) is 8.74. The molecule has 0 aliphatic carbocycles. The first-order valence-corrected chi connectivity index (χ1v) is 7.79. The number of amides is 1. The lowest BCUT2D eigenvalue weighted by Gasteiger charge is -2.18. The maximum Gasteiger partial charge on any atom is 0.328 e. The summed E-state index contributed by atoms with van der Waals surface area (Å²) in [6.07, 6.45) is 8.92. The molecule has 1 fully saturated rings. The molecule has 1 saturated heterocycles. The number of allylic oxidation sites excluding steroid dienone is 1. The summed E-state index contributed by atoms with van der Waals surface area (Å²) in [6, 6.07) is -0.564. The number of ether oxygens (including phenoxy) is 2. The quantitative estimate of drug-likeness (QED) is 0.382. The van der Waals surface area contributed by atoms with Crippen LogP contribution in [-0.4, -0.2) is 37.7 Å². The molecule has 1 rings (SSSR count). The maximum absolute atomic E-state index is 12.0. The van der Waals surface area contributed by atoms with Crippen molar-refractivity contribution in [3.63, 3.8) is 0 Å². The van der Waals surface area contributed by atoms with Crippen LogP contribution < -0.4 is 5.32 Å². The van der Waals surface area contributed by atoms with Crippen molar-refractivity contribution >= 4 is 11.9 Å². The van der Waals surface area contributed by atoms with Crippen LogP contribution in [0.1, 0.15) is 51.4 Å². The number of hydrogen-bond donors (Lipinski definition) is 1. The molecule has 2 atom stereocenters. The molecule has 0 spiro atoms. The van der Waals surface area contributed by atoms with Crippen LogP contribution in [0, 0.1) is 0 Å². The molecule has 1 N–H and O–H groups in total. The van der Waals surface area contributed by atoms with Crippen LogP contribution >= 0.6 is 0 Å². The standard InChI is InChI=1S/C16H27NO4/c1-3-4-5-6-7-8-10-13(16(19)20-2)17-15(18)14-11-9-12-21-14/h3,13-14H,1,4-12H2,2H3,(H,17,18)/t13-,14-/m0/s1. The van der Waals surface area contributed by atoms with Crippen LogP contribution in [-0.2, 0) is 19.1 Å². The average molecular weight is 297 g/mol. The van der Waals surface area contributed by atoms with E-state index in [4.69, 9.17) is 9.47 Å². The molecule has 1 aliphatic rings. The number of unbranched alkanes of at least 4 members (excludes halogenated alkanes) is 4. The zero-order valence-electron chi connectivity index (χ0n) is 12.9. The molecule has 0 unspecified atom stereocenters. The summed E-state index contributed by atoms with van der Waals surface area (Å²) in [6.45, 7) is 4.31. The van der Waals surface area contributed by atoms with Crippen LogP contribution in [0.5, 0.6) is 0 Å². The number of esters is 1. The van der Waals surface area contributed by atoms with E-state index in [0.29, 0.717) is 13.0 Å². The van der Waals surface area contributed by atoms with Crippen LogP contribution in [0.15, 0.2) is 12.7 Å². The number of hydrogen-bond acceptors (Lipinski definition) is 4. The van der Waals surface area contributed by atoms with Gasteiger partial charge in [-0.05, 0) is 32.1 Å². The highest BCUT2D eigenvalue weighted by atomic mass is 16.5. The number of methoxy groups -OCH3 is 1. The molecule has 0 bridgehead atoms. The molecule has 5 heteroatoms. The number of carbonyl (C=O) groups excluding carboxylic acids is 2. The average Bonchev–Trinajstić information content (AvgIpc) is 3.03.